The minimum Gasteiger partial charge on any atom is -0.595 e. The molecule has 27 heavy (non-hydrogen) atoms. The van der Waals surface area contributed by atoms with Gasteiger partial charge in [-0.05, 0) is 42.8 Å². The van der Waals surface area contributed by atoms with Crippen LogP contribution in [-0.2, 0) is 0 Å². The number of hydrogen-bond donors (Lipinski definition) is 4. The summed E-state index contributed by atoms with van der Waals surface area (Å²) in [5, 5.41) is 24.0. The number of benzene rings is 2. The van der Waals surface area contributed by atoms with Crippen LogP contribution in [0.25, 0.3) is 0 Å². The Bertz CT molecular complexity index is 895. The van der Waals surface area contributed by atoms with Crippen molar-refractivity contribution in [3.05, 3.63) is 76.1 Å². The number of nitrogens with two attached hydrogens (primary N) is 1. The number of guanidine groups is 1. The summed E-state index contributed by atoms with van der Waals surface area (Å²) >= 11 is 7.57. The predicted octanol–water partition coefficient (Wildman–Crippen LogP) is 2.75. The van der Waals surface area contributed by atoms with Crippen LogP contribution in [0.3, 0.4) is 0 Å². The van der Waals surface area contributed by atoms with Crippen LogP contribution in [0.4, 0.5) is 5.69 Å². The molecular formula is C18H18ClN5O2S. The van der Waals surface area contributed by atoms with E-state index in [0.29, 0.717) is 16.4 Å². The molecule has 3 rings (SSSR count). The van der Waals surface area contributed by atoms with Crippen molar-refractivity contribution in [1.82, 2.24) is 5.43 Å². The van der Waals surface area contributed by atoms with E-state index in [1.54, 1.807) is 36.0 Å². The van der Waals surface area contributed by atoms with Crippen LogP contribution in [0.5, 0.6) is 0 Å². The van der Waals surface area contributed by atoms with Crippen LogP contribution < -0.4 is 16.4 Å². The van der Waals surface area contributed by atoms with E-state index in [4.69, 9.17) is 22.5 Å². The second-order valence-corrected chi connectivity index (χ2v) is 7.43. The number of thioether (sulfide) groups is 1. The number of hydrogen-bond acceptors (Lipinski definition) is 7. The van der Waals surface area contributed by atoms with Gasteiger partial charge in [0.05, 0.1) is 16.7 Å². The molecule has 0 fully saturated rings. The second kappa shape index (κ2) is 8.55. The first-order valence-electron chi connectivity index (χ1n) is 8.04. The Balaban J connectivity index is 1.96. The molecule has 9 heteroatoms. The molecule has 2 aromatic rings. The minimum absolute atomic E-state index is 0.121. The molecule has 0 radical (unpaired) electrons. The highest BCUT2D eigenvalue weighted by molar-refractivity contribution is 7.99. The smallest absolute Gasteiger partial charge is 0.214 e. The van der Waals surface area contributed by atoms with Crippen molar-refractivity contribution in [1.29, 1.82) is 0 Å². The largest absolute Gasteiger partial charge is 0.595 e. The van der Waals surface area contributed by atoms with Crippen molar-refractivity contribution in [2.75, 3.05) is 0 Å². The lowest BCUT2D eigenvalue weighted by atomic mass is 10.1. The molecule has 2 unspecified atom stereocenters. The lowest BCUT2D eigenvalue weighted by molar-refractivity contribution is -0.991. The predicted molar refractivity (Wildman–Crippen MR) is 108 cm³/mol. The van der Waals surface area contributed by atoms with Crippen molar-refractivity contribution in [2.45, 2.75) is 17.1 Å². The summed E-state index contributed by atoms with van der Waals surface area (Å²) < 4.78 is 0. The van der Waals surface area contributed by atoms with Crippen LogP contribution in [0, 0.1) is 5.21 Å². The van der Waals surface area contributed by atoms with Crippen molar-refractivity contribution in [3.8, 4) is 0 Å². The number of allylic oxidation sites excluding steroid dienone is 1. The van der Waals surface area contributed by atoms with Gasteiger partial charge in [0.25, 0.3) is 0 Å². The zero-order valence-corrected chi connectivity index (χ0v) is 16.0. The topological polar surface area (TPSA) is 110 Å². The highest BCUT2D eigenvalue weighted by atomic mass is 35.5. The minimum atomic E-state index is -0.958. The molecule has 140 valence electrons. The Hall–Kier alpha value is -2.36. The highest BCUT2D eigenvalue weighted by Gasteiger charge is 2.16. The fraction of sp³-hybridized carbons (Fsp3) is 0.111. The maximum absolute atomic E-state index is 11.1. The number of aliphatic imine (C=N–C) groups is 1. The third kappa shape index (κ3) is 5.09. The summed E-state index contributed by atoms with van der Waals surface area (Å²) in [6.45, 7) is 1.84. The summed E-state index contributed by atoms with van der Waals surface area (Å²) in [5.74, 6) is 0.225. The summed E-state index contributed by atoms with van der Waals surface area (Å²) in [7, 11) is 0. The highest BCUT2D eigenvalue weighted by Crippen LogP contribution is 2.38. The van der Waals surface area contributed by atoms with Crippen molar-refractivity contribution >= 4 is 40.7 Å². The molecule has 7 nitrogen and oxygen atoms in total. The molecular weight excluding hydrogens is 386 g/mol. The maximum Gasteiger partial charge on any atom is 0.214 e. The lowest BCUT2D eigenvalue weighted by Gasteiger charge is -2.18. The molecule has 2 aromatic carbocycles. The molecule has 0 aliphatic carbocycles. The zero-order chi connectivity index (χ0) is 19.4. The molecule has 0 amide bonds. The fourth-order valence-electron chi connectivity index (χ4n) is 2.41. The number of hydrazone groups is 1. The molecule has 0 saturated heterocycles. The lowest BCUT2D eigenvalue weighted by Crippen LogP contribution is -2.99. The second-order valence-electron chi connectivity index (χ2n) is 5.78. The molecule has 5 N–H and O–H groups in total. The standard InChI is InChI=1S/C18H18ClN5O2S/c1-11-16(21-18(20)23-22-11)10-17(27-15-8-4-13(19)5-9-15)12-2-6-14(7-3-12)24(25)26/h2-10,17,24-25H,1H3,(H3,20,21,23)/b16-10+. The number of rotatable bonds is 5. The SMILES string of the molecule is CC1=NNC(N)=N/C1=C/C(Sc1ccc(Cl)cc1)c1ccc([NH+]([O-])O)cc1. The fourth-order valence-corrected chi connectivity index (χ4v) is 3.61. The van der Waals surface area contributed by atoms with Crippen molar-refractivity contribution < 1.29 is 10.4 Å². The third-order valence-electron chi connectivity index (χ3n) is 3.82. The molecule has 0 saturated carbocycles. The normalized spacial score (nSPS) is 17.7. The van der Waals surface area contributed by atoms with E-state index in [9.17, 15) is 5.21 Å². The molecule has 1 heterocycles. The van der Waals surface area contributed by atoms with Crippen LogP contribution in [0.2, 0.25) is 5.02 Å². The van der Waals surface area contributed by atoms with E-state index >= 15 is 0 Å². The number of halogens is 1. The average molecular weight is 404 g/mol. The summed E-state index contributed by atoms with van der Waals surface area (Å²) in [4.78, 5) is 5.33. The van der Waals surface area contributed by atoms with Crippen molar-refractivity contribution in [3.63, 3.8) is 0 Å². The van der Waals surface area contributed by atoms with Gasteiger partial charge >= 0.3 is 0 Å². The molecule has 2 atom stereocenters. The first kappa shape index (κ1) is 19.4. The van der Waals surface area contributed by atoms with Gasteiger partial charge in [-0.15, -0.1) is 11.8 Å². The van der Waals surface area contributed by atoms with Gasteiger partial charge < -0.3 is 10.9 Å². The Labute approximate surface area is 165 Å². The Morgan fingerprint density at radius 1 is 1.22 bits per heavy atom. The van der Waals surface area contributed by atoms with Gasteiger partial charge in [0.1, 0.15) is 0 Å². The van der Waals surface area contributed by atoms with E-state index in [0.717, 1.165) is 10.5 Å². The number of quaternary nitrogens is 1. The summed E-state index contributed by atoms with van der Waals surface area (Å²) in [6.07, 6.45) is 1.96. The first-order valence-corrected chi connectivity index (χ1v) is 9.30. The Kier molecular flexibility index (Phi) is 6.15. The van der Waals surface area contributed by atoms with E-state index in [1.807, 2.05) is 37.3 Å². The molecule has 1 aliphatic rings. The van der Waals surface area contributed by atoms with Gasteiger partial charge in [-0.2, -0.15) is 10.3 Å². The van der Waals surface area contributed by atoms with Gasteiger partial charge in [0, 0.05) is 22.1 Å². The van der Waals surface area contributed by atoms with E-state index < -0.39 is 5.23 Å². The Morgan fingerprint density at radius 3 is 2.52 bits per heavy atom. The molecule has 0 bridgehead atoms. The average Bonchev–Trinajstić information content (AvgIpc) is 2.66. The van der Waals surface area contributed by atoms with Crippen molar-refractivity contribution in [2.24, 2.45) is 15.8 Å². The number of nitrogens with one attached hydrogen (secondary N) is 2. The van der Waals surface area contributed by atoms with Crippen LogP contribution in [0.15, 0.2) is 75.3 Å². The molecule has 1 aliphatic heterocycles. The third-order valence-corrected chi connectivity index (χ3v) is 5.28. The molecule has 0 aromatic heterocycles. The van der Waals surface area contributed by atoms with Gasteiger partial charge in [0.15, 0.2) is 5.69 Å². The maximum atomic E-state index is 11.1. The summed E-state index contributed by atoms with van der Waals surface area (Å²) in [5.41, 5.74) is 10.9. The zero-order valence-electron chi connectivity index (χ0n) is 14.4. The van der Waals surface area contributed by atoms with Gasteiger partial charge in [-0.25, -0.2) is 15.6 Å². The van der Waals surface area contributed by atoms with E-state index in [2.05, 4.69) is 15.5 Å². The summed E-state index contributed by atoms with van der Waals surface area (Å²) in [6, 6.07) is 14.3. The van der Waals surface area contributed by atoms with Gasteiger partial charge in [-0.1, -0.05) is 23.7 Å². The monoisotopic (exact) mass is 403 g/mol. The Morgan fingerprint density at radius 2 is 1.89 bits per heavy atom. The van der Waals surface area contributed by atoms with Crippen LogP contribution in [0.1, 0.15) is 17.7 Å². The van der Waals surface area contributed by atoms with E-state index in [1.165, 1.54) is 0 Å². The van der Waals surface area contributed by atoms with Crippen LogP contribution in [-0.4, -0.2) is 16.9 Å². The van der Waals surface area contributed by atoms with Gasteiger partial charge in [-0.3, -0.25) is 0 Å². The first-order chi connectivity index (χ1) is 12.9. The van der Waals surface area contributed by atoms with Crippen LogP contribution >= 0.6 is 23.4 Å². The van der Waals surface area contributed by atoms with Gasteiger partial charge in [0.2, 0.25) is 5.96 Å². The molecule has 0 spiro atoms. The number of nitrogens with zero attached hydrogens (tertiary/aromatic N) is 2. The quantitative estimate of drug-likeness (QED) is 0.453. The van der Waals surface area contributed by atoms with E-state index in [-0.39, 0.29) is 16.9 Å².